The molecule has 1 atom stereocenters. The zero-order chi connectivity index (χ0) is 14.8. The molecular formula is C16H18ClN3S. The Labute approximate surface area is 133 Å². The number of para-hydroxylation sites is 2. The van der Waals surface area contributed by atoms with Crippen LogP contribution in [-0.2, 0) is 13.0 Å². The summed E-state index contributed by atoms with van der Waals surface area (Å²) in [6.07, 6.45) is 1.80. The summed E-state index contributed by atoms with van der Waals surface area (Å²) in [6.45, 7) is 3.14. The fourth-order valence-corrected chi connectivity index (χ4v) is 3.64. The summed E-state index contributed by atoms with van der Waals surface area (Å²) < 4.78 is 3.06. The van der Waals surface area contributed by atoms with Gasteiger partial charge in [-0.25, -0.2) is 4.98 Å². The van der Waals surface area contributed by atoms with Crippen LogP contribution in [0, 0.1) is 0 Å². The third-order valence-electron chi connectivity index (χ3n) is 3.54. The van der Waals surface area contributed by atoms with Gasteiger partial charge in [-0.2, -0.15) is 0 Å². The number of hydrogen-bond donors (Lipinski definition) is 1. The highest BCUT2D eigenvalue weighted by atomic mass is 35.5. The van der Waals surface area contributed by atoms with Crippen molar-refractivity contribution in [1.82, 2.24) is 9.55 Å². The van der Waals surface area contributed by atoms with Gasteiger partial charge in [-0.1, -0.05) is 30.7 Å². The molecule has 0 amide bonds. The van der Waals surface area contributed by atoms with Gasteiger partial charge in [0.25, 0.3) is 0 Å². The number of fused-ring (bicyclic) bond motifs is 1. The van der Waals surface area contributed by atoms with Gasteiger partial charge in [-0.05, 0) is 30.7 Å². The zero-order valence-corrected chi connectivity index (χ0v) is 13.5. The smallest absolute Gasteiger partial charge is 0.111 e. The van der Waals surface area contributed by atoms with Crippen LogP contribution in [0.2, 0.25) is 4.34 Å². The summed E-state index contributed by atoms with van der Waals surface area (Å²) in [5, 5.41) is 0. The Morgan fingerprint density at radius 3 is 2.81 bits per heavy atom. The third-order valence-corrected chi connectivity index (χ3v) is 4.91. The molecular weight excluding hydrogens is 302 g/mol. The number of imidazole rings is 1. The molecule has 0 aliphatic heterocycles. The summed E-state index contributed by atoms with van der Waals surface area (Å²) in [6, 6.07) is 12.1. The molecule has 0 aliphatic rings. The van der Waals surface area contributed by atoms with E-state index >= 15 is 0 Å². The zero-order valence-electron chi connectivity index (χ0n) is 11.9. The van der Waals surface area contributed by atoms with Crippen LogP contribution in [-0.4, -0.2) is 9.55 Å². The van der Waals surface area contributed by atoms with Crippen LogP contribution in [0.3, 0.4) is 0 Å². The number of halogens is 1. The molecule has 3 nitrogen and oxygen atoms in total. The summed E-state index contributed by atoms with van der Waals surface area (Å²) in [4.78, 5) is 5.86. The fraction of sp³-hybridized carbons (Fsp3) is 0.312. The van der Waals surface area contributed by atoms with Gasteiger partial charge in [0, 0.05) is 23.9 Å². The minimum atomic E-state index is -0.0603. The first-order valence-electron chi connectivity index (χ1n) is 7.14. The first kappa shape index (κ1) is 14.6. The average Bonchev–Trinajstić information content (AvgIpc) is 3.04. The van der Waals surface area contributed by atoms with Gasteiger partial charge in [-0.3, -0.25) is 0 Å². The number of nitrogens with zero attached hydrogens (tertiary/aromatic N) is 2. The van der Waals surface area contributed by atoms with E-state index in [1.807, 2.05) is 18.2 Å². The standard InChI is InChI=1S/C16H18ClN3S/c1-2-9-20-13-6-4-3-5-12(13)19-16(20)10-11(18)14-7-8-15(17)21-14/h3-8,11H,2,9-10,18H2,1H3. The van der Waals surface area contributed by atoms with Crippen LogP contribution in [0.1, 0.15) is 30.1 Å². The van der Waals surface area contributed by atoms with Crippen molar-refractivity contribution in [2.45, 2.75) is 32.4 Å². The van der Waals surface area contributed by atoms with Gasteiger partial charge in [0.2, 0.25) is 0 Å². The summed E-state index contributed by atoms with van der Waals surface area (Å²) in [5.74, 6) is 1.05. The maximum atomic E-state index is 6.33. The number of nitrogens with two attached hydrogens (primary N) is 1. The highest BCUT2D eigenvalue weighted by molar-refractivity contribution is 7.16. The first-order valence-corrected chi connectivity index (χ1v) is 8.33. The van der Waals surface area contributed by atoms with E-state index in [-0.39, 0.29) is 6.04 Å². The number of benzene rings is 1. The minimum Gasteiger partial charge on any atom is -0.328 e. The van der Waals surface area contributed by atoms with Crippen molar-refractivity contribution in [1.29, 1.82) is 0 Å². The van der Waals surface area contributed by atoms with Gasteiger partial charge in [0.15, 0.2) is 0 Å². The van der Waals surface area contributed by atoms with Crippen LogP contribution in [0.4, 0.5) is 0 Å². The Balaban J connectivity index is 1.94. The Morgan fingerprint density at radius 1 is 1.29 bits per heavy atom. The highest BCUT2D eigenvalue weighted by Gasteiger charge is 2.15. The third kappa shape index (κ3) is 2.98. The van der Waals surface area contributed by atoms with Crippen molar-refractivity contribution in [3.8, 4) is 0 Å². The van der Waals surface area contributed by atoms with E-state index in [1.54, 1.807) is 11.3 Å². The van der Waals surface area contributed by atoms with E-state index < -0.39 is 0 Å². The molecule has 110 valence electrons. The van der Waals surface area contributed by atoms with Crippen LogP contribution < -0.4 is 5.73 Å². The van der Waals surface area contributed by atoms with Crippen LogP contribution in [0.5, 0.6) is 0 Å². The van der Waals surface area contributed by atoms with Gasteiger partial charge in [-0.15, -0.1) is 11.3 Å². The van der Waals surface area contributed by atoms with E-state index in [2.05, 4.69) is 29.7 Å². The SMILES string of the molecule is CCCn1c(CC(N)c2ccc(Cl)s2)nc2ccccc21. The molecule has 0 fully saturated rings. The van der Waals surface area contributed by atoms with E-state index in [9.17, 15) is 0 Å². The lowest BCUT2D eigenvalue weighted by Crippen LogP contribution is -2.15. The number of thiophene rings is 1. The van der Waals surface area contributed by atoms with Crippen molar-refractivity contribution in [3.05, 3.63) is 51.4 Å². The van der Waals surface area contributed by atoms with Crippen molar-refractivity contribution in [2.75, 3.05) is 0 Å². The Bertz CT molecular complexity index is 747. The molecule has 0 spiro atoms. The Hall–Kier alpha value is -1.36. The summed E-state index contributed by atoms with van der Waals surface area (Å²) in [5.41, 5.74) is 8.55. The Morgan fingerprint density at radius 2 is 2.10 bits per heavy atom. The first-order chi connectivity index (χ1) is 10.2. The number of rotatable bonds is 5. The fourth-order valence-electron chi connectivity index (χ4n) is 2.58. The molecule has 2 aromatic heterocycles. The molecule has 2 heterocycles. The van der Waals surface area contributed by atoms with Crippen molar-refractivity contribution in [3.63, 3.8) is 0 Å². The maximum Gasteiger partial charge on any atom is 0.111 e. The molecule has 2 N–H and O–H groups in total. The van der Waals surface area contributed by atoms with Crippen LogP contribution in [0.25, 0.3) is 11.0 Å². The number of aryl methyl sites for hydroxylation is 1. The quantitative estimate of drug-likeness (QED) is 0.757. The predicted molar refractivity (Wildman–Crippen MR) is 90.0 cm³/mol. The molecule has 1 aromatic carbocycles. The molecule has 3 aromatic rings. The maximum absolute atomic E-state index is 6.33. The van der Waals surface area contributed by atoms with Gasteiger partial charge >= 0.3 is 0 Å². The number of aromatic nitrogens is 2. The molecule has 1 unspecified atom stereocenters. The highest BCUT2D eigenvalue weighted by Crippen LogP contribution is 2.28. The van der Waals surface area contributed by atoms with E-state index in [0.717, 1.165) is 39.9 Å². The molecule has 0 aliphatic carbocycles. The monoisotopic (exact) mass is 319 g/mol. The number of hydrogen-bond acceptors (Lipinski definition) is 3. The molecule has 0 saturated heterocycles. The molecule has 3 rings (SSSR count). The minimum absolute atomic E-state index is 0.0603. The second-order valence-electron chi connectivity index (χ2n) is 5.12. The second kappa shape index (κ2) is 6.18. The molecule has 0 radical (unpaired) electrons. The van der Waals surface area contributed by atoms with E-state index in [0.29, 0.717) is 0 Å². The Kier molecular flexibility index (Phi) is 4.29. The average molecular weight is 320 g/mol. The second-order valence-corrected chi connectivity index (χ2v) is 6.87. The van der Waals surface area contributed by atoms with E-state index in [4.69, 9.17) is 22.3 Å². The molecule has 0 bridgehead atoms. The van der Waals surface area contributed by atoms with Crippen LogP contribution >= 0.6 is 22.9 Å². The molecule has 0 saturated carbocycles. The van der Waals surface area contributed by atoms with Gasteiger partial charge in [0.1, 0.15) is 5.82 Å². The van der Waals surface area contributed by atoms with Crippen LogP contribution in [0.15, 0.2) is 36.4 Å². The van der Waals surface area contributed by atoms with Gasteiger partial charge < -0.3 is 10.3 Å². The lowest BCUT2D eigenvalue weighted by Gasteiger charge is -2.12. The normalized spacial score (nSPS) is 12.9. The topological polar surface area (TPSA) is 43.8 Å². The summed E-state index contributed by atoms with van der Waals surface area (Å²) >= 11 is 7.54. The van der Waals surface area contributed by atoms with Gasteiger partial charge in [0.05, 0.1) is 15.4 Å². The summed E-state index contributed by atoms with van der Waals surface area (Å²) in [7, 11) is 0. The van der Waals surface area contributed by atoms with Crippen molar-refractivity contribution in [2.24, 2.45) is 5.73 Å². The van der Waals surface area contributed by atoms with Crippen molar-refractivity contribution >= 4 is 34.0 Å². The van der Waals surface area contributed by atoms with E-state index in [1.165, 1.54) is 5.52 Å². The lowest BCUT2D eigenvalue weighted by atomic mass is 10.2. The largest absolute Gasteiger partial charge is 0.328 e. The van der Waals surface area contributed by atoms with Crippen molar-refractivity contribution < 1.29 is 0 Å². The molecule has 21 heavy (non-hydrogen) atoms. The predicted octanol–water partition coefficient (Wildman–Crippen LogP) is 4.40. The lowest BCUT2D eigenvalue weighted by molar-refractivity contribution is 0.614. The molecule has 5 heteroatoms.